The molecule has 1 fully saturated rings. The maximum atomic E-state index is 13.1. The third-order valence-electron chi connectivity index (χ3n) is 9.99. The molecule has 1 aromatic carbocycles. The molecule has 3 aliphatic rings. The molecule has 3 aliphatic heterocycles. The standard InChI is InChI=1S/C32H40N6O2.C4H9NO/c1-19-22-13-16-36(5)30(39)23(22)18-25-27(19)37(6)29(35-25)26-17-21-11-12-24-20(2)33-31(40)32(3,4)14-9-7-8-10-15-38(26)28(21)34-24;1-3-6-4-2-5-1/h11-12,17-18,20H,7-10,13-16H2,1-6H3,(H,33,40);5H,1-4H2. The Balaban J connectivity index is 0.000000557. The van der Waals surface area contributed by atoms with E-state index in [4.69, 9.17) is 14.7 Å². The highest BCUT2D eigenvalue weighted by Gasteiger charge is 2.30. The van der Waals surface area contributed by atoms with Crippen LogP contribution >= 0.6 is 0 Å². The van der Waals surface area contributed by atoms with Crippen LogP contribution in [0.3, 0.4) is 0 Å². The molecule has 6 heterocycles. The maximum absolute atomic E-state index is 13.1. The van der Waals surface area contributed by atoms with Crippen molar-refractivity contribution in [2.45, 2.75) is 78.8 Å². The zero-order valence-electron chi connectivity index (χ0n) is 28.3. The number of nitrogens with one attached hydrogen (secondary N) is 2. The number of carbonyl (C=O) groups is 2. The monoisotopic (exact) mass is 627 g/mol. The van der Waals surface area contributed by atoms with Crippen LogP contribution in [0.25, 0.3) is 33.6 Å². The van der Waals surface area contributed by atoms with Crippen LogP contribution in [0.1, 0.15) is 86.1 Å². The molecular formula is C36H49N7O3. The lowest BCUT2D eigenvalue weighted by Crippen LogP contribution is -2.38. The molecule has 0 aliphatic carbocycles. The van der Waals surface area contributed by atoms with Crippen molar-refractivity contribution in [2.75, 3.05) is 39.9 Å². The van der Waals surface area contributed by atoms with Crippen LogP contribution in [0.4, 0.5) is 0 Å². The molecule has 0 spiro atoms. The molecule has 3 aromatic heterocycles. The number of rotatable bonds is 1. The third kappa shape index (κ3) is 6.17. The van der Waals surface area contributed by atoms with E-state index in [2.05, 4.69) is 45.9 Å². The van der Waals surface area contributed by atoms with Crippen LogP contribution < -0.4 is 10.6 Å². The van der Waals surface area contributed by atoms with Gasteiger partial charge in [0.2, 0.25) is 5.91 Å². The van der Waals surface area contributed by atoms with E-state index in [-0.39, 0.29) is 17.9 Å². The van der Waals surface area contributed by atoms with E-state index in [1.807, 2.05) is 40.0 Å². The van der Waals surface area contributed by atoms with Gasteiger partial charge >= 0.3 is 0 Å². The Bertz CT molecular complexity index is 1750. The van der Waals surface area contributed by atoms with E-state index in [1.54, 1.807) is 4.90 Å². The number of benzene rings is 1. The highest BCUT2D eigenvalue weighted by atomic mass is 16.5. The smallest absolute Gasteiger partial charge is 0.253 e. The summed E-state index contributed by atoms with van der Waals surface area (Å²) in [4.78, 5) is 38.1. The highest BCUT2D eigenvalue weighted by Crippen LogP contribution is 2.35. The first kappa shape index (κ1) is 32.2. The van der Waals surface area contributed by atoms with Gasteiger partial charge in [0, 0.05) is 56.6 Å². The van der Waals surface area contributed by atoms with Crippen LogP contribution in [0.5, 0.6) is 0 Å². The van der Waals surface area contributed by atoms with Crippen molar-refractivity contribution in [1.82, 2.24) is 34.6 Å². The summed E-state index contributed by atoms with van der Waals surface area (Å²) in [5, 5.41) is 7.43. The first-order valence-electron chi connectivity index (χ1n) is 16.9. The minimum Gasteiger partial charge on any atom is -0.379 e. The molecule has 7 rings (SSSR count). The first-order chi connectivity index (χ1) is 22.1. The van der Waals surface area contributed by atoms with Crippen LogP contribution in [0.2, 0.25) is 0 Å². The molecule has 1 atom stereocenters. The molecule has 246 valence electrons. The minimum absolute atomic E-state index is 0.0713. The van der Waals surface area contributed by atoms with Crippen molar-refractivity contribution in [3.05, 3.63) is 46.6 Å². The van der Waals surface area contributed by atoms with E-state index in [1.165, 1.54) is 0 Å². The molecule has 1 saturated heterocycles. The largest absolute Gasteiger partial charge is 0.379 e. The molecular weight excluding hydrogens is 578 g/mol. The van der Waals surface area contributed by atoms with Gasteiger partial charge in [0.25, 0.3) is 5.91 Å². The van der Waals surface area contributed by atoms with Crippen LogP contribution in [0.15, 0.2) is 24.3 Å². The zero-order chi connectivity index (χ0) is 32.6. The molecule has 46 heavy (non-hydrogen) atoms. The number of aryl methyl sites for hydroxylation is 3. The first-order valence-corrected chi connectivity index (χ1v) is 16.9. The number of hydrogen-bond donors (Lipinski definition) is 2. The summed E-state index contributed by atoms with van der Waals surface area (Å²) in [6.45, 7) is 13.6. The van der Waals surface area contributed by atoms with E-state index in [0.29, 0.717) is 0 Å². The van der Waals surface area contributed by atoms with Gasteiger partial charge in [-0.1, -0.05) is 33.1 Å². The second-order valence-electron chi connectivity index (χ2n) is 13.8. The lowest BCUT2D eigenvalue weighted by molar-refractivity contribution is -0.130. The van der Waals surface area contributed by atoms with E-state index < -0.39 is 5.41 Å². The van der Waals surface area contributed by atoms with Crippen LogP contribution in [-0.2, 0) is 29.5 Å². The fourth-order valence-corrected chi connectivity index (χ4v) is 7.04. The zero-order valence-corrected chi connectivity index (χ0v) is 28.3. The van der Waals surface area contributed by atoms with Gasteiger partial charge in [0.15, 0.2) is 5.82 Å². The van der Waals surface area contributed by atoms with Crippen molar-refractivity contribution in [3.8, 4) is 11.5 Å². The number of morpholine rings is 1. The van der Waals surface area contributed by atoms with Gasteiger partial charge in [0.05, 0.1) is 41.7 Å². The van der Waals surface area contributed by atoms with Gasteiger partial charge in [-0.05, 0) is 68.5 Å². The van der Waals surface area contributed by atoms with Gasteiger partial charge in [0.1, 0.15) is 5.65 Å². The van der Waals surface area contributed by atoms with Crippen molar-refractivity contribution in [3.63, 3.8) is 0 Å². The fraction of sp³-hybridized carbons (Fsp3) is 0.556. The Hall–Kier alpha value is -3.76. The molecule has 0 radical (unpaired) electrons. The van der Waals surface area contributed by atoms with E-state index >= 15 is 0 Å². The summed E-state index contributed by atoms with van der Waals surface area (Å²) in [5.41, 5.74) is 7.40. The van der Waals surface area contributed by atoms with Gasteiger partial charge in [-0.2, -0.15) is 0 Å². The summed E-state index contributed by atoms with van der Waals surface area (Å²) in [5.74, 6) is 1.03. The summed E-state index contributed by atoms with van der Waals surface area (Å²) in [7, 11) is 3.94. The predicted octanol–water partition coefficient (Wildman–Crippen LogP) is 5.30. The number of imidazole rings is 1. The van der Waals surface area contributed by atoms with Crippen LogP contribution in [-0.4, -0.2) is 75.7 Å². The minimum atomic E-state index is -0.395. The Morgan fingerprint density at radius 3 is 2.46 bits per heavy atom. The normalized spacial score (nSPS) is 20.7. The van der Waals surface area contributed by atoms with E-state index in [9.17, 15) is 9.59 Å². The number of pyridine rings is 1. The van der Waals surface area contributed by atoms with E-state index in [0.717, 1.165) is 134 Å². The van der Waals surface area contributed by atoms with Crippen LogP contribution in [0, 0.1) is 12.3 Å². The number of amides is 2. The number of ether oxygens (including phenoxy) is 1. The fourth-order valence-electron chi connectivity index (χ4n) is 7.04. The average molecular weight is 628 g/mol. The summed E-state index contributed by atoms with van der Waals surface area (Å²) in [6, 6.07) is 8.11. The lowest BCUT2D eigenvalue weighted by Gasteiger charge is -2.26. The van der Waals surface area contributed by atoms with Crippen molar-refractivity contribution < 1.29 is 14.3 Å². The molecule has 2 bridgehead atoms. The maximum Gasteiger partial charge on any atom is 0.253 e. The molecule has 10 heteroatoms. The number of aromatic nitrogens is 4. The Morgan fingerprint density at radius 2 is 1.74 bits per heavy atom. The number of hydrogen-bond acceptors (Lipinski definition) is 6. The highest BCUT2D eigenvalue weighted by molar-refractivity contribution is 6.01. The third-order valence-corrected chi connectivity index (χ3v) is 9.99. The Morgan fingerprint density at radius 1 is 0.978 bits per heavy atom. The number of nitrogens with zero attached hydrogens (tertiary/aromatic N) is 5. The summed E-state index contributed by atoms with van der Waals surface area (Å²) >= 11 is 0. The molecule has 10 nitrogen and oxygen atoms in total. The SMILES string of the molecule is C1COCCN1.Cc1c2c(cc3nc(-c4cc5ccc6nc5n4CCCCCCC(C)(C)C(=O)NC6C)n(C)c13)C(=O)N(C)CC2. The van der Waals surface area contributed by atoms with Gasteiger partial charge in [-0.15, -0.1) is 0 Å². The quantitative estimate of drug-likeness (QED) is 0.297. The topological polar surface area (TPSA) is 106 Å². The summed E-state index contributed by atoms with van der Waals surface area (Å²) in [6.07, 6.45) is 5.99. The van der Waals surface area contributed by atoms with Crippen molar-refractivity contribution in [2.24, 2.45) is 12.5 Å². The van der Waals surface area contributed by atoms with Crippen molar-refractivity contribution in [1.29, 1.82) is 0 Å². The Labute approximate surface area is 271 Å². The second kappa shape index (κ2) is 13.2. The molecule has 1 unspecified atom stereocenters. The summed E-state index contributed by atoms with van der Waals surface area (Å²) < 4.78 is 9.49. The second-order valence-corrected chi connectivity index (χ2v) is 13.8. The molecule has 4 aromatic rings. The number of carbonyl (C=O) groups excluding carboxylic acids is 2. The molecule has 0 saturated carbocycles. The number of likely N-dealkylation sites (N-methyl/N-ethyl adjacent to an activating group) is 1. The van der Waals surface area contributed by atoms with Gasteiger partial charge < -0.3 is 29.4 Å². The average Bonchev–Trinajstić information content (AvgIpc) is 3.58. The Kier molecular flexibility index (Phi) is 9.21. The van der Waals surface area contributed by atoms with Gasteiger partial charge in [-0.25, -0.2) is 9.97 Å². The lowest BCUT2D eigenvalue weighted by atomic mass is 9.85. The number of fused-ring (bicyclic) bond motifs is 3. The van der Waals surface area contributed by atoms with Gasteiger partial charge in [-0.3, -0.25) is 9.59 Å². The van der Waals surface area contributed by atoms with Crippen molar-refractivity contribution >= 4 is 33.9 Å². The molecule has 2 amide bonds. The predicted molar refractivity (Wildman–Crippen MR) is 182 cm³/mol. The molecule has 2 N–H and O–H groups in total.